The van der Waals surface area contributed by atoms with Gasteiger partial charge in [-0.05, 0) is 0 Å². The molecule has 0 aliphatic carbocycles. The van der Waals surface area contributed by atoms with E-state index < -0.39 is 12.3 Å². The first-order valence-corrected chi connectivity index (χ1v) is 3.93. The van der Waals surface area contributed by atoms with Gasteiger partial charge in [0, 0.05) is 0 Å². The van der Waals surface area contributed by atoms with Gasteiger partial charge in [0.25, 0.3) is 0 Å². The van der Waals surface area contributed by atoms with Gasteiger partial charge in [0.2, 0.25) is 0 Å². The first-order valence-electron chi connectivity index (χ1n) is 3.93. The molecular formula is C7H12O6. The van der Waals surface area contributed by atoms with Crippen LogP contribution in [-0.2, 0) is 14.2 Å². The van der Waals surface area contributed by atoms with Gasteiger partial charge in [0.15, 0.2) is 6.10 Å². The molecule has 0 bridgehead atoms. The SMILES string of the molecule is O=C1OCC(CO)O1.OCC1CO1. The van der Waals surface area contributed by atoms with E-state index in [1.165, 1.54) is 0 Å². The molecule has 2 fully saturated rings. The van der Waals surface area contributed by atoms with Gasteiger partial charge in [-0.15, -0.1) is 0 Å². The summed E-state index contributed by atoms with van der Waals surface area (Å²) in [5.74, 6) is 0. The lowest BCUT2D eigenvalue weighted by Crippen LogP contribution is -2.14. The lowest BCUT2D eigenvalue weighted by Gasteiger charge is -1.96. The molecule has 6 nitrogen and oxygen atoms in total. The van der Waals surface area contributed by atoms with Crippen molar-refractivity contribution in [3.63, 3.8) is 0 Å². The number of aliphatic hydroxyl groups is 2. The molecule has 2 rings (SSSR count). The molecule has 2 saturated heterocycles. The molecule has 0 aromatic rings. The number of epoxide rings is 1. The minimum absolute atomic E-state index is 0.161. The average molecular weight is 192 g/mol. The quantitative estimate of drug-likeness (QED) is 0.426. The molecule has 0 spiro atoms. The van der Waals surface area contributed by atoms with Crippen LogP contribution in [0.5, 0.6) is 0 Å². The summed E-state index contributed by atoms with van der Waals surface area (Å²) in [7, 11) is 0. The second-order valence-corrected chi connectivity index (χ2v) is 2.62. The molecule has 13 heavy (non-hydrogen) atoms. The summed E-state index contributed by atoms with van der Waals surface area (Å²) in [6.45, 7) is 0.970. The summed E-state index contributed by atoms with van der Waals surface area (Å²) < 4.78 is 13.3. The van der Waals surface area contributed by atoms with Crippen LogP contribution in [0.3, 0.4) is 0 Å². The zero-order chi connectivity index (χ0) is 9.68. The predicted octanol–water partition coefficient (Wildman–Crippen LogP) is -1.11. The van der Waals surface area contributed by atoms with Gasteiger partial charge in [0.1, 0.15) is 12.7 Å². The van der Waals surface area contributed by atoms with E-state index in [1.807, 2.05) is 0 Å². The predicted molar refractivity (Wildman–Crippen MR) is 40.1 cm³/mol. The van der Waals surface area contributed by atoms with Crippen molar-refractivity contribution >= 4 is 6.16 Å². The number of rotatable bonds is 2. The van der Waals surface area contributed by atoms with E-state index in [2.05, 4.69) is 14.2 Å². The van der Waals surface area contributed by atoms with Crippen molar-refractivity contribution in [2.24, 2.45) is 0 Å². The molecular weight excluding hydrogens is 180 g/mol. The van der Waals surface area contributed by atoms with Crippen molar-refractivity contribution in [1.29, 1.82) is 0 Å². The van der Waals surface area contributed by atoms with E-state index in [9.17, 15) is 4.79 Å². The number of hydrogen-bond acceptors (Lipinski definition) is 6. The Bertz CT molecular complexity index is 166. The standard InChI is InChI=1S/C4H6O4.C3H6O2/c5-1-3-2-7-4(6)8-3;4-1-3-2-5-3/h3,5H,1-2H2;3-4H,1-2H2. The molecule has 2 aliphatic heterocycles. The van der Waals surface area contributed by atoms with Gasteiger partial charge in [-0.25, -0.2) is 4.79 Å². The molecule has 2 N–H and O–H groups in total. The third kappa shape index (κ3) is 4.07. The average Bonchev–Trinajstić information content (AvgIpc) is 2.90. The maximum Gasteiger partial charge on any atom is 0.508 e. The van der Waals surface area contributed by atoms with Gasteiger partial charge < -0.3 is 24.4 Å². The summed E-state index contributed by atoms with van der Waals surface area (Å²) in [6, 6.07) is 0. The Morgan fingerprint density at radius 2 is 1.85 bits per heavy atom. The number of carbonyl (C=O) groups is 1. The zero-order valence-electron chi connectivity index (χ0n) is 7.01. The van der Waals surface area contributed by atoms with Crippen LogP contribution in [0.25, 0.3) is 0 Å². The second kappa shape index (κ2) is 5.00. The van der Waals surface area contributed by atoms with Gasteiger partial charge >= 0.3 is 6.16 Å². The third-order valence-corrected chi connectivity index (χ3v) is 1.46. The van der Waals surface area contributed by atoms with Crippen LogP contribution in [0.4, 0.5) is 4.79 Å². The molecule has 2 heterocycles. The Morgan fingerprint density at radius 1 is 1.23 bits per heavy atom. The Morgan fingerprint density at radius 3 is 2.00 bits per heavy atom. The highest BCUT2D eigenvalue weighted by Crippen LogP contribution is 2.05. The topological polar surface area (TPSA) is 88.5 Å². The van der Waals surface area contributed by atoms with Crippen molar-refractivity contribution in [2.75, 3.05) is 26.4 Å². The second-order valence-electron chi connectivity index (χ2n) is 2.62. The largest absolute Gasteiger partial charge is 0.508 e. The summed E-state index contributed by atoms with van der Waals surface area (Å²) in [6.07, 6.45) is -0.943. The van der Waals surface area contributed by atoms with Gasteiger partial charge in [-0.1, -0.05) is 0 Å². The molecule has 0 saturated carbocycles. The fourth-order valence-electron chi connectivity index (χ4n) is 0.629. The summed E-state index contributed by atoms with van der Waals surface area (Å²) in [4.78, 5) is 10.1. The van der Waals surface area contributed by atoms with E-state index >= 15 is 0 Å². The molecule has 0 aromatic heterocycles. The molecule has 76 valence electrons. The van der Waals surface area contributed by atoms with E-state index in [4.69, 9.17) is 10.2 Å². The van der Waals surface area contributed by atoms with Crippen LogP contribution in [0.15, 0.2) is 0 Å². The van der Waals surface area contributed by atoms with Crippen molar-refractivity contribution < 1.29 is 29.2 Å². The number of ether oxygens (including phenoxy) is 3. The van der Waals surface area contributed by atoms with E-state index in [1.54, 1.807) is 0 Å². The smallest absolute Gasteiger partial charge is 0.430 e. The summed E-state index contributed by atoms with van der Waals surface area (Å²) in [5.41, 5.74) is 0. The van der Waals surface area contributed by atoms with Crippen LogP contribution in [-0.4, -0.2) is 55.0 Å². The maximum atomic E-state index is 10.1. The molecule has 2 unspecified atom stereocenters. The van der Waals surface area contributed by atoms with Gasteiger partial charge in [0.05, 0.1) is 19.8 Å². The minimum Gasteiger partial charge on any atom is -0.430 e. The zero-order valence-corrected chi connectivity index (χ0v) is 7.01. The Kier molecular flexibility index (Phi) is 3.94. The van der Waals surface area contributed by atoms with E-state index in [0.717, 1.165) is 6.61 Å². The highest BCUT2D eigenvalue weighted by atomic mass is 16.8. The monoisotopic (exact) mass is 192 g/mol. The number of hydrogen-bond donors (Lipinski definition) is 2. The number of aliphatic hydroxyl groups excluding tert-OH is 2. The number of carbonyl (C=O) groups excluding carboxylic acids is 1. The van der Waals surface area contributed by atoms with Crippen LogP contribution in [0, 0.1) is 0 Å². The minimum atomic E-state index is -0.691. The highest BCUT2D eigenvalue weighted by Gasteiger charge is 2.23. The fourth-order valence-corrected chi connectivity index (χ4v) is 0.629. The molecule has 6 heteroatoms. The lowest BCUT2D eigenvalue weighted by molar-refractivity contribution is 0.0919. The van der Waals surface area contributed by atoms with Gasteiger partial charge in [-0.2, -0.15) is 0 Å². The van der Waals surface area contributed by atoms with Crippen LogP contribution < -0.4 is 0 Å². The van der Waals surface area contributed by atoms with E-state index in [0.29, 0.717) is 0 Å². The number of cyclic esters (lactones) is 2. The Labute approximate surface area is 75.0 Å². The van der Waals surface area contributed by atoms with Crippen LogP contribution >= 0.6 is 0 Å². The van der Waals surface area contributed by atoms with Crippen molar-refractivity contribution in [3.8, 4) is 0 Å². The Balaban J connectivity index is 0.000000145. The Hall–Kier alpha value is -0.850. The summed E-state index contributed by atoms with van der Waals surface area (Å²) in [5, 5.41) is 16.4. The van der Waals surface area contributed by atoms with E-state index in [-0.39, 0.29) is 25.9 Å². The van der Waals surface area contributed by atoms with Gasteiger partial charge in [-0.3, -0.25) is 0 Å². The van der Waals surface area contributed by atoms with Crippen LogP contribution in [0.2, 0.25) is 0 Å². The first kappa shape index (κ1) is 10.2. The normalized spacial score (nSPS) is 29.8. The van der Waals surface area contributed by atoms with Crippen molar-refractivity contribution in [2.45, 2.75) is 12.2 Å². The maximum absolute atomic E-state index is 10.1. The third-order valence-electron chi connectivity index (χ3n) is 1.46. The van der Waals surface area contributed by atoms with Crippen molar-refractivity contribution in [3.05, 3.63) is 0 Å². The molecule has 2 atom stereocenters. The highest BCUT2D eigenvalue weighted by molar-refractivity contribution is 5.61. The molecule has 2 aliphatic rings. The lowest BCUT2D eigenvalue weighted by atomic mass is 10.4. The summed E-state index contributed by atoms with van der Waals surface area (Å²) >= 11 is 0. The van der Waals surface area contributed by atoms with Crippen LogP contribution in [0.1, 0.15) is 0 Å². The first-order chi connectivity index (χ1) is 6.26. The van der Waals surface area contributed by atoms with Crippen molar-refractivity contribution in [1.82, 2.24) is 0 Å². The molecule has 0 aromatic carbocycles. The molecule has 0 amide bonds. The fraction of sp³-hybridized carbons (Fsp3) is 0.857. The molecule has 0 radical (unpaired) electrons.